The Balaban J connectivity index is 2.30. The summed E-state index contributed by atoms with van der Waals surface area (Å²) in [6, 6.07) is 4.39. The van der Waals surface area contributed by atoms with Crippen LogP contribution in [0.25, 0.3) is 0 Å². The van der Waals surface area contributed by atoms with Crippen LogP contribution in [0.1, 0.15) is 12.8 Å². The Labute approximate surface area is 118 Å². The topological polar surface area (TPSA) is 72.6 Å². The molecule has 1 aliphatic rings. The summed E-state index contributed by atoms with van der Waals surface area (Å²) in [5.41, 5.74) is 6.02. The predicted octanol–water partition coefficient (Wildman–Crippen LogP) is 1.72. The summed E-state index contributed by atoms with van der Waals surface area (Å²) in [6.45, 7) is 1.17. The molecule has 2 N–H and O–H groups in total. The summed E-state index contributed by atoms with van der Waals surface area (Å²) in [5, 5.41) is 0.152. The Morgan fingerprint density at radius 2 is 2.00 bits per heavy atom. The van der Waals surface area contributed by atoms with E-state index in [1.807, 2.05) is 0 Å². The number of nitrogens with zero attached hydrogens (tertiary/aromatic N) is 1. The van der Waals surface area contributed by atoms with Crippen molar-refractivity contribution in [3.05, 3.63) is 23.2 Å². The van der Waals surface area contributed by atoms with Crippen molar-refractivity contribution in [1.82, 2.24) is 4.31 Å². The summed E-state index contributed by atoms with van der Waals surface area (Å²) in [7, 11) is -2.01. The lowest BCUT2D eigenvalue weighted by molar-refractivity contribution is 0.0632. The standard InChI is InChI=1S/C12H17ClN2O3S/c1-15(10-4-6-18-7-5-10)19(16,17)12-3-2-9(14)8-11(12)13/h2-3,8,10H,4-7,14H2,1H3. The first-order chi connectivity index (χ1) is 8.93. The number of rotatable bonds is 3. The lowest BCUT2D eigenvalue weighted by Gasteiger charge is -2.30. The van der Waals surface area contributed by atoms with Crippen LogP contribution < -0.4 is 5.73 Å². The Morgan fingerprint density at radius 3 is 2.58 bits per heavy atom. The molecule has 0 spiro atoms. The van der Waals surface area contributed by atoms with Crippen LogP contribution in [0.5, 0.6) is 0 Å². The van der Waals surface area contributed by atoms with Crippen LogP contribution in [0, 0.1) is 0 Å². The van der Waals surface area contributed by atoms with Gasteiger partial charge in [-0.15, -0.1) is 0 Å². The molecule has 0 saturated carbocycles. The highest BCUT2D eigenvalue weighted by Gasteiger charge is 2.30. The molecule has 7 heteroatoms. The van der Waals surface area contributed by atoms with Crippen LogP contribution in [0.15, 0.2) is 23.1 Å². The maximum atomic E-state index is 12.5. The van der Waals surface area contributed by atoms with Crippen molar-refractivity contribution in [3.63, 3.8) is 0 Å². The maximum Gasteiger partial charge on any atom is 0.244 e. The minimum absolute atomic E-state index is 0.0487. The van der Waals surface area contributed by atoms with Gasteiger partial charge in [-0.2, -0.15) is 4.31 Å². The largest absolute Gasteiger partial charge is 0.399 e. The van der Waals surface area contributed by atoms with Gasteiger partial charge in [0.25, 0.3) is 0 Å². The van der Waals surface area contributed by atoms with Gasteiger partial charge in [0.1, 0.15) is 4.90 Å². The molecule has 1 aliphatic heterocycles. The normalized spacial score (nSPS) is 17.8. The number of hydrogen-bond acceptors (Lipinski definition) is 4. The van der Waals surface area contributed by atoms with Crippen LogP contribution in [-0.4, -0.2) is 39.0 Å². The fourth-order valence-electron chi connectivity index (χ4n) is 2.13. The maximum absolute atomic E-state index is 12.5. The van der Waals surface area contributed by atoms with Gasteiger partial charge in [-0.05, 0) is 31.0 Å². The van der Waals surface area contributed by atoms with E-state index in [0.29, 0.717) is 31.7 Å². The molecule has 1 aromatic carbocycles. The summed E-state index contributed by atoms with van der Waals surface area (Å²) in [5.74, 6) is 0. The fraction of sp³-hybridized carbons (Fsp3) is 0.500. The minimum Gasteiger partial charge on any atom is -0.399 e. The number of hydrogen-bond donors (Lipinski definition) is 1. The smallest absolute Gasteiger partial charge is 0.244 e. The van der Waals surface area contributed by atoms with Crippen molar-refractivity contribution in [2.24, 2.45) is 0 Å². The first kappa shape index (κ1) is 14.6. The molecule has 0 amide bonds. The van der Waals surface area contributed by atoms with Gasteiger partial charge in [0.05, 0.1) is 5.02 Å². The van der Waals surface area contributed by atoms with E-state index in [2.05, 4.69) is 0 Å². The molecule has 106 valence electrons. The molecule has 1 aromatic rings. The summed E-state index contributed by atoms with van der Waals surface area (Å²) in [6.07, 6.45) is 1.39. The number of nitrogen functional groups attached to an aromatic ring is 1. The van der Waals surface area contributed by atoms with Crippen molar-refractivity contribution in [1.29, 1.82) is 0 Å². The van der Waals surface area contributed by atoms with Gasteiger partial charge in [-0.3, -0.25) is 0 Å². The molecule has 1 saturated heterocycles. The van der Waals surface area contributed by atoms with Gasteiger partial charge in [-0.25, -0.2) is 8.42 Å². The zero-order chi connectivity index (χ0) is 14.0. The number of benzene rings is 1. The van der Waals surface area contributed by atoms with E-state index < -0.39 is 10.0 Å². The van der Waals surface area contributed by atoms with Crippen LogP contribution >= 0.6 is 11.6 Å². The second-order valence-corrected chi connectivity index (χ2v) is 6.93. The number of anilines is 1. The van der Waals surface area contributed by atoms with Crippen molar-refractivity contribution in [3.8, 4) is 0 Å². The second-order valence-electron chi connectivity index (χ2n) is 4.55. The molecule has 1 heterocycles. The molecule has 5 nitrogen and oxygen atoms in total. The van der Waals surface area contributed by atoms with Gasteiger partial charge >= 0.3 is 0 Å². The Bertz CT molecular complexity index is 556. The van der Waals surface area contributed by atoms with Crippen LogP contribution in [0.4, 0.5) is 5.69 Å². The number of sulfonamides is 1. The highest BCUT2D eigenvalue weighted by atomic mass is 35.5. The number of ether oxygens (including phenoxy) is 1. The third kappa shape index (κ3) is 3.02. The zero-order valence-electron chi connectivity index (χ0n) is 10.7. The minimum atomic E-state index is -3.60. The molecule has 19 heavy (non-hydrogen) atoms. The third-order valence-corrected chi connectivity index (χ3v) is 5.71. The van der Waals surface area contributed by atoms with Gasteiger partial charge in [0.2, 0.25) is 10.0 Å². The van der Waals surface area contributed by atoms with Gasteiger partial charge in [0.15, 0.2) is 0 Å². The van der Waals surface area contributed by atoms with E-state index in [4.69, 9.17) is 22.1 Å². The van der Waals surface area contributed by atoms with Crippen molar-refractivity contribution < 1.29 is 13.2 Å². The van der Waals surface area contributed by atoms with E-state index in [9.17, 15) is 8.42 Å². The first-order valence-electron chi connectivity index (χ1n) is 6.03. The average molecular weight is 305 g/mol. The van der Waals surface area contributed by atoms with E-state index in [1.54, 1.807) is 7.05 Å². The van der Waals surface area contributed by atoms with E-state index in [-0.39, 0.29) is 16.0 Å². The first-order valence-corrected chi connectivity index (χ1v) is 7.85. The number of halogens is 1. The monoisotopic (exact) mass is 304 g/mol. The molecule has 0 aliphatic carbocycles. The van der Waals surface area contributed by atoms with Gasteiger partial charge in [0, 0.05) is 32.0 Å². The van der Waals surface area contributed by atoms with E-state index in [1.165, 1.54) is 22.5 Å². The third-order valence-electron chi connectivity index (χ3n) is 3.32. The van der Waals surface area contributed by atoms with Crippen molar-refractivity contribution >= 4 is 27.3 Å². The Kier molecular flexibility index (Phi) is 4.35. The number of nitrogens with two attached hydrogens (primary N) is 1. The molecule has 1 fully saturated rings. The molecular weight excluding hydrogens is 288 g/mol. The molecule has 0 unspecified atom stereocenters. The van der Waals surface area contributed by atoms with Gasteiger partial charge in [-0.1, -0.05) is 11.6 Å². The second kappa shape index (κ2) is 5.66. The highest BCUT2D eigenvalue weighted by molar-refractivity contribution is 7.89. The fourth-order valence-corrected chi connectivity index (χ4v) is 4.07. The summed E-state index contributed by atoms with van der Waals surface area (Å²) in [4.78, 5) is 0.0948. The predicted molar refractivity (Wildman–Crippen MR) is 74.7 cm³/mol. The molecular formula is C12H17ClN2O3S. The molecule has 0 atom stereocenters. The quantitative estimate of drug-likeness (QED) is 0.863. The van der Waals surface area contributed by atoms with Crippen molar-refractivity contribution in [2.45, 2.75) is 23.8 Å². The molecule has 0 radical (unpaired) electrons. The highest BCUT2D eigenvalue weighted by Crippen LogP contribution is 2.28. The summed E-state index contributed by atoms with van der Waals surface area (Å²) >= 11 is 5.99. The van der Waals surface area contributed by atoms with Gasteiger partial charge < -0.3 is 10.5 Å². The summed E-state index contributed by atoms with van der Waals surface area (Å²) < 4.78 is 31.7. The van der Waals surface area contributed by atoms with E-state index >= 15 is 0 Å². The SMILES string of the molecule is CN(C1CCOCC1)S(=O)(=O)c1ccc(N)cc1Cl. The van der Waals surface area contributed by atoms with Crippen LogP contribution in [0.3, 0.4) is 0 Å². The zero-order valence-corrected chi connectivity index (χ0v) is 12.2. The Hall–Kier alpha value is -0.820. The molecule has 0 aromatic heterocycles. The lowest BCUT2D eigenvalue weighted by Crippen LogP contribution is -2.40. The van der Waals surface area contributed by atoms with E-state index in [0.717, 1.165) is 0 Å². The molecule has 2 rings (SSSR count). The van der Waals surface area contributed by atoms with Crippen LogP contribution in [-0.2, 0) is 14.8 Å². The molecule has 0 bridgehead atoms. The average Bonchev–Trinajstić information content (AvgIpc) is 2.38. The lowest BCUT2D eigenvalue weighted by atomic mass is 10.1. The van der Waals surface area contributed by atoms with Crippen molar-refractivity contribution in [2.75, 3.05) is 26.0 Å². The Morgan fingerprint density at radius 1 is 1.37 bits per heavy atom. The van der Waals surface area contributed by atoms with Crippen LogP contribution in [0.2, 0.25) is 5.02 Å².